The molecule has 20 heavy (non-hydrogen) atoms. The van der Waals surface area contributed by atoms with Crippen molar-refractivity contribution < 1.29 is 13.2 Å². The largest absolute Gasteiger partial charge is 0.389 e. The van der Waals surface area contributed by atoms with E-state index in [4.69, 9.17) is 5.84 Å². The Bertz CT molecular complexity index is 378. The summed E-state index contributed by atoms with van der Waals surface area (Å²) in [5, 5.41) is 0. The summed E-state index contributed by atoms with van der Waals surface area (Å²) in [6.45, 7) is 4.09. The first-order valence-electron chi connectivity index (χ1n) is 6.96. The van der Waals surface area contributed by atoms with Crippen LogP contribution in [0.4, 0.5) is 13.2 Å². The average Bonchev–Trinajstić information content (AvgIpc) is 2.42. The lowest BCUT2D eigenvalue weighted by atomic mass is 9.79. The van der Waals surface area contributed by atoms with Gasteiger partial charge in [0.05, 0.1) is 0 Å². The molecule has 1 aromatic carbocycles. The van der Waals surface area contributed by atoms with E-state index in [9.17, 15) is 13.2 Å². The van der Waals surface area contributed by atoms with E-state index in [1.54, 1.807) is 0 Å². The molecule has 0 saturated carbocycles. The second-order valence-electron chi connectivity index (χ2n) is 5.25. The molecule has 0 radical (unpaired) electrons. The SMILES string of the molecule is CCC(C)C(c1ccccc1)C(CCC(F)(F)F)NN. The number of alkyl halides is 3. The van der Waals surface area contributed by atoms with Crippen LogP contribution < -0.4 is 11.3 Å². The molecule has 0 fully saturated rings. The molecule has 114 valence electrons. The van der Waals surface area contributed by atoms with Gasteiger partial charge < -0.3 is 0 Å². The number of rotatable bonds is 7. The van der Waals surface area contributed by atoms with Crippen LogP contribution >= 0.6 is 0 Å². The second kappa shape index (κ2) is 7.64. The fourth-order valence-electron chi connectivity index (χ4n) is 2.57. The van der Waals surface area contributed by atoms with Crippen molar-refractivity contribution in [3.05, 3.63) is 35.9 Å². The number of nitrogens with one attached hydrogen (secondary N) is 1. The van der Waals surface area contributed by atoms with Crippen LogP contribution in [0.1, 0.15) is 44.6 Å². The molecule has 3 unspecified atom stereocenters. The van der Waals surface area contributed by atoms with E-state index in [-0.39, 0.29) is 24.3 Å². The minimum Gasteiger partial charge on any atom is -0.271 e. The van der Waals surface area contributed by atoms with Crippen LogP contribution in [-0.4, -0.2) is 12.2 Å². The summed E-state index contributed by atoms with van der Waals surface area (Å²) in [6, 6.07) is 9.24. The Kier molecular flexibility index (Phi) is 6.49. The van der Waals surface area contributed by atoms with Crippen LogP contribution in [0.2, 0.25) is 0 Å². The van der Waals surface area contributed by atoms with Gasteiger partial charge in [0.2, 0.25) is 0 Å². The predicted octanol–water partition coefficient (Wildman–Crippen LogP) is 3.99. The predicted molar refractivity (Wildman–Crippen MR) is 75.0 cm³/mol. The topological polar surface area (TPSA) is 38.0 Å². The van der Waals surface area contributed by atoms with Crippen molar-refractivity contribution in [1.29, 1.82) is 0 Å². The number of hydrogen-bond acceptors (Lipinski definition) is 2. The Morgan fingerprint density at radius 1 is 1.20 bits per heavy atom. The highest BCUT2D eigenvalue weighted by Crippen LogP contribution is 2.33. The first kappa shape index (κ1) is 17.0. The number of halogens is 3. The summed E-state index contributed by atoms with van der Waals surface area (Å²) >= 11 is 0. The van der Waals surface area contributed by atoms with Crippen LogP contribution in [0.15, 0.2) is 30.3 Å². The van der Waals surface area contributed by atoms with Gasteiger partial charge in [-0.05, 0) is 17.9 Å². The maximum absolute atomic E-state index is 12.4. The zero-order chi connectivity index (χ0) is 15.2. The molecule has 0 spiro atoms. The van der Waals surface area contributed by atoms with Crippen LogP contribution in [0.25, 0.3) is 0 Å². The van der Waals surface area contributed by atoms with Crippen molar-refractivity contribution in [2.24, 2.45) is 11.8 Å². The smallest absolute Gasteiger partial charge is 0.271 e. The van der Waals surface area contributed by atoms with E-state index in [2.05, 4.69) is 12.3 Å². The summed E-state index contributed by atoms with van der Waals surface area (Å²) in [5.74, 6) is 5.75. The fourth-order valence-corrected chi connectivity index (χ4v) is 2.57. The molecule has 0 amide bonds. The monoisotopic (exact) mass is 288 g/mol. The van der Waals surface area contributed by atoms with Crippen LogP contribution in [0.3, 0.4) is 0 Å². The van der Waals surface area contributed by atoms with Crippen molar-refractivity contribution in [1.82, 2.24) is 5.43 Å². The maximum atomic E-state index is 12.4. The molecule has 0 aromatic heterocycles. The van der Waals surface area contributed by atoms with Gasteiger partial charge in [-0.3, -0.25) is 11.3 Å². The highest BCUT2D eigenvalue weighted by Gasteiger charge is 2.32. The molecule has 0 heterocycles. The van der Waals surface area contributed by atoms with Crippen molar-refractivity contribution in [2.45, 2.75) is 51.2 Å². The fraction of sp³-hybridized carbons (Fsp3) is 0.600. The van der Waals surface area contributed by atoms with E-state index in [1.165, 1.54) is 0 Å². The quantitative estimate of drug-likeness (QED) is 0.588. The first-order chi connectivity index (χ1) is 9.39. The Morgan fingerprint density at radius 2 is 1.80 bits per heavy atom. The molecular formula is C15H23F3N2. The molecule has 0 aliphatic rings. The molecule has 5 heteroatoms. The molecule has 0 bridgehead atoms. The minimum atomic E-state index is -4.15. The normalized spacial score (nSPS) is 16.7. The van der Waals surface area contributed by atoms with Gasteiger partial charge in [-0.2, -0.15) is 13.2 Å². The Hall–Kier alpha value is -1.07. The summed E-state index contributed by atoms with van der Waals surface area (Å²) in [5.41, 5.74) is 3.62. The zero-order valence-electron chi connectivity index (χ0n) is 12.0. The number of benzene rings is 1. The zero-order valence-corrected chi connectivity index (χ0v) is 12.0. The Labute approximate surface area is 118 Å². The molecular weight excluding hydrogens is 265 g/mol. The van der Waals surface area contributed by atoms with E-state index in [0.717, 1.165) is 12.0 Å². The summed E-state index contributed by atoms with van der Waals surface area (Å²) in [6.07, 6.45) is -4.08. The highest BCUT2D eigenvalue weighted by molar-refractivity contribution is 5.22. The van der Waals surface area contributed by atoms with Gasteiger partial charge in [0.15, 0.2) is 0 Å². The van der Waals surface area contributed by atoms with Gasteiger partial charge in [0.25, 0.3) is 0 Å². The summed E-state index contributed by atoms with van der Waals surface area (Å²) in [4.78, 5) is 0. The van der Waals surface area contributed by atoms with E-state index >= 15 is 0 Å². The Morgan fingerprint density at radius 3 is 2.25 bits per heavy atom. The number of nitrogens with two attached hydrogens (primary N) is 1. The third-order valence-corrected chi connectivity index (χ3v) is 3.83. The molecule has 0 saturated heterocycles. The molecule has 3 N–H and O–H groups in total. The van der Waals surface area contributed by atoms with E-state index < -0.39 is 12.6 Å². The van der Waals surface area contributed by atoms with Gasteiger partial charge in [-0.25, -0.2) is 0 Å². The number of hydrogen-bond donors (Lipinski definition) is 2. The van der Waals surface area contributed by atoms with Gasteiger partial charge >= 0.3 is 6.18 Å². The first-order valence-corrected chi connectivity index (χ1v) is 6.96. The Balaban J connectivity index is 2.90. The van der Waals surface area contributed by atoms with Gasteiger partial charge in [-0.1, -0.05) is 50.6 Å². The molecule has 0 aliphatic heterocycles. The minimum absolute atomic E-state index is 0.0100. The van der Waals surface area contributed by atoms with Crippen LogP contribution in [0.5, 0.6) is 0 Å². The lowest BCUT2D eigenvalue weighted by Crippen LogP contribution is -2.42. The van der Waals surface area contributed by atoms with Crippen LogP contribution in [-0.2, 0) is 0 Å². The number of hydrazine groups is 1. The maximum Gasteiger partial charge on any atom is 0.389 e. The van der Waals surface area contributed by atoms with Crippen molar-refractivity contribution in [2.75, 3.05) is 0 Å². The molecule has 0 aliphatic carbocycles. The lowest BCUT2D eigenvalue weighted by molar-refractivity contribution is -0.137. The summed E-state index contributed by atoms with van der Waals surface area (Å²) < 4.78 is 37.3. The second-order valence-corrected chi connectivity index (χ2v) is 5.25. The van der Waals surface area contributed by atoms with Gasteiger partial charge in [0, 0.05) is 18.4 Å². The molecule has 1 rings (SSSR count). The van der Waals surface area contributed by atoms with Gasteiger partial charge in [-0.15, -0.1) is 0 Å². The molecule has 1 aromatic rings. The van der Waals surface area contributed by atoms with Crippen LogP contribution in [0, 0.1) is 5.92 Å². The average molecular weight is 288 g/mol. The standard InChI is InChI=1S/C15H23F3N2/c1-3-11(2)14(12-7-5-4-6-8-12)13(20-19)9-10-15(16,17)18/h4-8,11,13-14,20H,3,9-10,19H2,1-2H3. The van der Waals surface area contributed by atoms with Crippen molar-refractivity contribution in [3.8, 4) is 0 Å². The third-order valence-electron chi connectivity index (χ3n) is 3.83. The molecule has 3 atom stereocenters. The van der Waals surface area contributed by atoms with Gasteiger partial charge in [0.1, 0.15) is 0 Å². The van der Waals surface area contributed by atoms with E-state index in [0.29, 0.717) is 0 Å². The molecule has 2 nitrogen and oxygen atoms in total. The summed E-state index contributed by atoms with van der Waals surface area (Å²) in [7, 11) is 0. The van der Waals surface area contributed by atoms with E-state index in [1.807, 2.05) is 37.3 Å². The third kappa shape index (κ3) is 5.13. The van der Waals surface area contributed by atoms with Crippen molar-refractivity contribution in [3.63, 3.8) is 0 Å². The lowest BCUT2D eigenvalue weighted by Gasteiger charge is -2.32. The van der Waals surface area contributed by atoms with Crippen molar-refractivity contribution >= 4 is 0 Å². The highest BCUT2D eigenvalue weighted by atomic mass is 19.4.